The summed E-state index contributed by atoms with van der Waals surface area (Å²) < 4.78 is 31.5. The van der Waals surface area contributed by atoms with Gasteiger partial charge in [-0.3, -0.25) is 4.79 Å². The molecular weight excluding hydrogens is 292 g/mol. The zero-order valence-electron chi connectivity index (χ0n) is 11.7. The molecule has 21 heavy (non-hydrogen) atoms. The van der Waals surface area contributed by atoms with E-state index in [1.54, 1.807) is 19.1 Å². The summed E-state index contributed by atoms with van der Waals surface area (Å²) in [6.45, 7) is 2.14. The minimum absolute atomic E-state index is 0.0660. The number of nitriles is 1. The molecule has 1 saturated heterocycles. The molecule has 0 aromatic heterocycles. The van der Waals surface area contributed by atoms with Gasteiger partial charge in [-0.25, -0.2) is 8.42 Å². The number of carbonyl (C=O) groups excluding carboxylic acids is 1. The normalized spacial score (nSPS) is 19.1. The van der Waals surface area contributed by atoms with Gasteiger partial charge in [-0.05, 0) is 31.9 Å². The molecule has 1 aliphatic heterocycles. The van der Waals surface area contributed by atoms with Crippen LogP contribution in [0.3, 0.4) is 0 Å². The topological polar surface area (TPSA) is 87.5 Å². The monoisotopic (exact) mass is 308 g/mol. The van der Waals surface area contributed by atoms with Gasteiger partial charge in [-0.15, -0.1) is 0 Å². The van der Waals surface area contributed by atoms with Crippen LogP contribution < -0.4 is 0 Å². The van der Waals surface area contributed by atoms with Gasteiger partial charge in [0.1, 0.15) is 12.1 Å². The Balaban J connectivity index is 2.39. The maximum atomic E-state index is 12.7. The van der Waals surface area contributed by atoms with E-state index in [2.05, 4.69) is 0 Å². The van der Waals surface area contributed by atoms with Crippen LogP contribution in [0.2, 0.25) is 0 Å². The van der Waals surface area contributed by atoms with Crippen LogP contribution in [0.25, 0.3) is 0 Å². The van der Waals surface area contributed by atoms with Crippen molar-refractivity contribution < 1.29 is 17.9 Å². The average Bonchev–Trinajstić information content (AvgIpc) is 2.97. The van der Waals surface area contributed by atoms with E-state index >= 15 is 0 Å². The van der Waals surface area contributed by atoms with Gasteiger partial charge < -0.3 is 4.74 Å². The van der Waals surface area contributed by atoms with Crippen molar-refractivity contribution in [2.45, 2.75) is 30.7 Å². The average molecular weight is 308 g/mol. The lowest BCUT2D eigenvalue weighted by Crippen LogP contribution is -2.41. The Morgan fingerprint density at radius 3 is 2.86 bits per heavy atom. The molecular formula is C14H16N2O4S. The van der Waals surface area contributed by atoms with Gasteiger partial charge in [-0.2, -0.15) is 9.57 Å². The molecule has 1 unspecified atom stereocenters. The zero-order valence-corrected chi connectivity index (χ0v) is 12.5. The van der Waals surface area contributed by atoms with Crippen LogP contribution in [-0.2, 0) is 19.6 Å². The molecule has 0 radical (unpaired) electrons. The van der Waals surface area contributed by atoms with E-state index in [9.17, 15) is 13.2 Å². The Morgan fingerprint density at radius 2 is 2.19 bits per heavy atom. The first-order valence-electron chi connectivity index (χ1n) is 6.70. The summed E-state index contributed by atoms with van der Waals surface area (Å²) >= 11 is 0. The van der Waals surface area contributed by atoms with Crippen molar-refractivity contribution in [3.63, 3.8) is 0 Å². The fraction of sp³-hybridized carbons (Fsp3) is 0.429. The Hall–Kier alpha value is -1.91. The van der Waals surface area contributed by atoms with Gasteiger partial charge in [0.25, 0.3) is 0 Å². The molecule has 0 saturated carbocycles. The van der Waals surface area contributed by atoms with E-state index < -0.39 is 22.0 Å². The second-order valence-electron chi connectivity index (χ2n) is 4.63. The van der Waals surface area contributed by atoms with Crippen LogP contribution in [0.1, 0.15) is 25.3 Å². The largest absolute Gasteiger partial charge is 0.465 e. The summed E-state index contributed by atoms with van der Waals surface area (Å²) in [7, 11) is -3.88. The van der Waals surface area contributed by atoms with Crippen LogP contribution in [0.15, 0.2) is 29.2 Å². The minimum Gasteiger partial charge on any atom is -0.465 e. The molecule has 1 aromatic carbocycles. The lowest BCUT2D eigenvalue weighted by Gasteiger charge is -2.22. The first kappa shape index (κ1) is 15.5. The second-order valence-corrected chi connectivity index (χ2v) is 6.49. The van der Waals surface area contributed by atoms with Gasteiger partial charge in [0.15, 0.2) is 0 Å². The number of carbonyl (C=O) groups is 1. The van der Waals surface area contributed by atoms with Gasteiger partial charge in [-0.1, -0.05) is 12.1 Å². The van der Waals surface area contributed by atoms with Gasteiger partial charge in [0.05, 0.1) is 17.1 Å². The number of sulfonamides is 1. The molecule has 0 amide bonds. The van der Waals surface area contributed by atoms with Crippen molar-refractivity contribution in [2.75, 3.05) is 13.2 Å². The van der Waals surface area contributed by atoms with Crippen LogP contribution in [0, 0.1) is 11.3 Å². The SMILES string of the molecule is CCOC(=O)C1CCCN1S(=O)(=O)c1ccccc1C#N. The van der Waals surface area contributed by atoms with Crippen molar-refractivity contribution in [1.82, 2.24) is 4.31 Å². The smallest absolute Gasteiger partial charge is 0.324 e. The molecule has 0 aliphatic carbocycles. The van der Waals surface area contributed by atoms with Crippen molar-refractivity contribution >= 4 is 16.0 Å². The number of esters is 1. The van der Waals surface area contributed by atoms with Crippen molar-refractivity contribution in [3.8, 4) is 6.07 Å². The van der Waals surface area contributed by atoms with Crippen molar-refractivity contribution in [1.29, 1.82) is 5.26 Å². The van der Waals surface area contributed by atoms with E-state index in [1.807, 2.05) is 6.07 Å². The molecule has 1 aliphatic rings. The first-order valence-corrected chi connectivity index (χ1v) is 8.14. The standard InChI is InChI=1S/C14H16N2O4S/c1-2-20-14(17)12-7-5-9-16(12)21(18,19)13-8-4-3-6-11(13)10-15/h3-4,6,8,12H,2,5,7,9H2,1H3. The van der Waals surface area contributed by atoms with Crippen LogP contribution in [-0.4, -0.2) is 37.9 Å². The predicted molar refractivity (Wildman–Crippen MR) is 74.7 cm³/mol. The number of nitrogens with zero attached hydrogens (tertiary/aromatic N) is 2. The third-order valence-corrected chi connectivity index (χ3v) is 5.32. The summed E-state index contributed by atoms with van der Waals surface area (Å²) in [5.74, 6) is -0.534. The zero-order chi connectivity index (χ0) is 15.5. The van der Waals surface area contributed by atoms with Crippen molar-refractivity contribution in [3.05, 3.63) is 29.8 Å². The van der Waals surface area contributed by atoms with Crippen LogP contribution in [0.4, 0.5) is 0 Å². The molecule has 2 rings (SSSR count). The number of rotatable bonds is 4. The van der Waals surface area contributed by atoms with E-state index in [0.29, 0.717) is 12.8 Å². The Morgan fingerprint density at radius 1 is 1.48 bits per heavy atom. The molecule has 7 heteroatoms. The molecule has 0 N–H and O–H groups in total. The maximum Gasteiger partial charge on any atom is 0.324 e. The quantitative estimate of drug-likeness (QED) is 0.782. The summed E-state index contributed by atoms with van der Waals surface area (Å²) in [6.07, 6.45) is 1.03. The fourth-order valence-corrected chi connectivity index (χ4v) is 4.20. The molecule has 1 heterocycles. The summed E-state index contributed by atoms with van der Waals surface area (Å²) in [6, 6.07) is 7.06. The highest BCUT2D eigenvalue weighted by Crippen LogP contribution is 2.28. The lowest BCUT2D eigenvalue weighted by molar-refractivity contribution is -0.146. The molecule has 112 valence electrons. The van der Waals surface area contributed by atoms with Gasteiger partial charge in [0.2, 0.25) is 10.0 Å². The van der Waals surface area contributed by atoms with E-state index in [4.69, 9.17) is 10.00 Å². The third kappa shape index (κ3) is 2.91. The summed E-state index contributed by atoms with van der Waals surface area (Å²) in [4.78, 5) is 11.8. The van der Waals surface area contributed by atoms with Crippen LogP contribution in [0.5, 0.6) is 0 Å². The van der Waals surface area contributed by atoms with Gasteiger partial charge in [0, 0.05) is 6.54 Å². The van der Waals surface area contributed by atoms with E-state index in [-0.39, 0.29) is 23.6 Å². The third-order valence-electron chi connectivity index (χ3n) is 3.36. The molecule has 0 spiro atoms. The number of hydrogen-bond acceptors (Lipinski definition) is 5. The Kier molecular flexibility index (Phi) is 4.60. The van der Waals surface area contributed by atoms with Crippen molar-refractivity contribution in [2.24, 2.45) is 0 Å². The molecule has 1 fully saturated rings. The highest BCUT2D eigenvalue weighted by Gasteiger charge is 2.41. The molecule has 0 bridgehead atoms. The molecule has 1 atom stereocenters. The minimum atomic E-state index is -3.88. The highest BCUT2D eigenvalue weighted by molar-refractivity contribution is 7.89. The van der Waals surface area contributed by atoms with Gasteiger partial charge >= 0.3 is 5.97 Å². The highest BCUT2D eigenvalue weighted by atomic mass is 32.2. The Labute approximate surface area is 124 Å². The number of hydrogen-bond donors (Lipinski definition) is 0. The van der Waals surface area contributed by atoms with Crippen LogP contribution >= 0.6 is 0 Å². The number of benzene rings is 1. The second kappa shape index (κ2) is 6.24. The van der Waals surface area contributed by atoms with E-state index in [1.165, 1.54) is 12.1 Å². The number of ether oxygens (including phenoxy) is 1. The summed E-state index contributed by atoms with van der Waals surface area (Å²) in [5.41, 5.74) is 0.0759. The first-order chi connectivity index (χ1) is 10.0. The lowest BCUT2D eigenvalue weighted by atomic mass is 10.2. The molecule has 1 aromatic rings. The maximum absolute atomic E-state index is 12.7. The molecule has 6 nitrogen and oxygen atoms in total. The Bertz CT molecular complexity index is 678. The van der Waals surface area contributed by atoms with E-state index in [0.717, 1.165) is 4.31 Å². The predicted octanol–water partition coefficient (Wildman–Crippen LogP) is 1.27. The summed E-state index contributed by atoms with van der Waals surface area (Å²) in [5, 5.41) is 9.06. The fourth-order valence-electron chi connectivity index (χ4n) is 2.41.